The molecule has 0 saturated heterocycles. The molecule has 0 radical (unpaired) electrons. The van der Waals surface area contributed by atoms with E-state index < -0.39 is 17.5 Å². The van der Waals surface area contributed by atoms with Gasteiger partial charge < -0.3 is 9.72 Å². The van der Waals surface area contributed by atoms with Crippen LogP contribution in [0.2, 0.25) is 0 Å². The Hall–Kier alpha value is -3.47. The minimum absolute atomic E-state index is 0.135. The van der Waals surface area contributed by atoms with E-state index in [1.54, 1.807) is 31.2 Å². The second kappa shape index (κ2) is 6.11. The summed E-state index contributed by atoms with van der Waals surface area (Å²) in [6, 6.07) is 16.2. The summed E-state index contributed by atoms with van der Waals surface area (Å²) in [7, 11) is 0. The number of aromatic amines is 1. The van der Waals surface area contributed by atoms with Crippen molar-refractivity contribution in [2.45, 2.75) is 6.92 Å². The summed E-state index contributed by atoms with van der Waals surface area (Å²) in [6.45, 7) is 1.92. The van der Waals surface area contributed by atoms with Gasteiger partial charge in [0.15, 0.2) is 0 Å². The van der Waals surface area contributed by atoms with Crippen LogP contribution in [0.1, 0.15) is 38.3 Å². The third-order valence-corrected chi connectivity index (χ3v) is 4.42. The maximum atomic E-state index is 12.6. The Bertz CT molecular complexity index is 1050. The molecule has 0 fully saturated rings. The molecule has 128 valence electrons. The molecule has 1 aliphatic carbocycles. The number of esters is 1. The number of benzene rings is 2. The average Bonchev–Trinajstić information content (AvgIpc) is 3.08. The number of H-pyrrole nitrogens is 1. The molecule has 26 heavy (non-hydrogen) atoms. The lowest BCUT2D eigenvalue weighted by Crippen LogP contribution is -2.21. The van der Waals surface area contributed by atoms with E-state index in [9.17, 15) is 14.4 Å². The molecule has 0 bridgehead atoms. The SMILES string of the molecule is CCOC(=O)c1[nH]c2c(c1-c1ccccc1)-c1ccccc1C(=O)C2=O. The van der Waals surface area contributed by atoms with Crippen LogP contribution in [0.25, 0.3) is 22.3 Å². The highest BCUT2D eigenvalue weighted by molar-refractivity contribution is 6.53. The molecule has 0 amide bonds. The Kier molecular flexibility index (Phi) is 3.77. The number of carbonyl (C=O) groups excluding carboxylic acids is 3. The third kappa shape index (κ3) is 2.29. The molecule has 2 aromatic carbocycles. The van der Waals surface area contributed by atoms with Crippen molar-refractivity contribution in [3.63, 3.8) is 0 Å². The largest absolute Gasteiger partial charge is 0.461 e. The van der Waals surface area contributed by atoms with Gasteiger partial charge in [-0.2, -0.15) is 0 Å². The molecule has 5 nitrogen and oxygen atoms in total. The monoisotopic (exact) mass is 345 g/mol. The molecule has 3 aromatic rings. The van der Waals surface area contributed by atoms with Crippen LogP contribution in [0.4, 0.5) is 0 Å². The Labute approximate surface area is 149 Å². The molecular formula is C21H15NO4. The number of Topliss-reactive ketones (excluding diaryl/α,β-unsaturated/α-hetero) is 2. The number of hydrogen-bond donors (Lipinski definition) is 1. The van der Waals surface area contributed by atoms with Crippen LogP contribution in [0.5, 0.6) is 0 Å². The highest BCUT2D eigenvalue weighted by Crippen LogP contribution is 2.42. The van der Waals surface area contributed by atoms with E-state index in [1.807, 2.05) is 30.3 Å². The van der Waals surface area contributed by atoms with Crippen LogP contribution in [-0.4, -0.2) is 29.1 Å². The first-order chi connectivity index (χ1) is 12.6. The van der Waals surface area contributed by atoms with Gasteiger partial charge in [-0.05, 0) is 18.1 Å². The number of ether oxygens (including phenoxy) is 1. The second-order valence-corrected chi connectivity index (χ2v) is 5.92. The predicted octanol–water partition coefficient (Wildman–Crippen LogP) is 3.90. The van der Waals surface area contributed by atoms with Gasteiger partial charge in [0, 0.05) is 16.7 Å². The van der Waals surface area contributed by atoms with E-state index in [1.165, 1.54) is 0 Å². The number of nitrogens with one attached hydrogen (secondary N) is 1. The highest BCUT2D eigenvalue weighted by Gasteiger charge is 2.36. The van der Waals surface area contributed by atoms with Crippen LogP contribution in [0.3, 0.4) is 0 Å². The van der Waals surface area contributed by atoms with E-state index in [4.69, 9.17) is 4.74 Å². The van der Waals surface area contributed by atoms with Crippen molar-refractivity contribution in [3.05, 3.63) is 71.5 Å². The molecule has 0 aliphatic heterocycles. The van der Waals surface area contributed by atoms with Crippen LogP contribution >= 0.6 is 0 Å². The summed E-state index contributed by atoms with van der Waals surface area (Å²) < 4.78 is 5.15. The zero-order chi connectivity index (χ0) is 18.3. The van der Waals surface area contributed by atoms with Gasteiger partial charge in [0.2, 0.25) is 11.6 Å². The quantitative estimate of drug-likeness (QED) is 0.577. The van der Waals surface area contributed by atoms with Crippen molar-refractivity contribution in [1.82, 2.24) is 4.98 Å². The maximum Gasteiger partial charge on any atom is 0.355 e. The topological polar surface area (TPSA) is 76.2 Å². The fraction of sp³-hybridized carbons (Fsp3) is 0.0952. The van der Waals surface area contributed by atoms with Crippen molar-refractivity contribution in [2.75, 3.05) is 6.61 Å². The van der Waals surface area contributed by atoms with Gasteiger partial charge in [-0.15, -0.1) is 0 Å². The third-order valence-electron chi connectivity index (χ3n) is 4.42. The van der Waals surface area contributed by atoms with Gasteiger partial charge in [0.25, 0.3) is 0 Å². The number of fused-ring (bicyclic) bond motifs is 3. The van der Waals surface area contributed by atoms with Crippen molar-refractivity contribution in [2.24, 2.45) is 0 Å². The van der Waals surface area contributed by atoms with Crippen molar-refractivity contribution < 1.29 is 19.1 Å². The summed E-state index contributed by atoms with van der Waals surface area (Å²) in [5.74, 6) is -1.78. The molecular weight excluding hydrogens is 330 g/mol. The summed E-state index contributed by atoms with van der Waals surface area (Å²) in [4.78, 5) is 40.4. The standard InChI is InChI=1S/C21H15NO4/c1-2-26-21(25)18-15(12-8-4-3-5-9-12)16-13-10-6-7-11-14(13)19(23)20(24)17(16)22-18/h3-11,22H,2H2,1H3. The molecule has 1 aromatic heterocycles. The number of ketones is 2. The molecule has 1 aliphatic rings. The Morgan fingerprint density at radius 1 is 0.885 bits per heavy atom. The minimum Gasteiger partial charge on any atom is -0.461 e. The summed E-state index contributed by atoms with van der Waals surface area (Å²) in [5.41, 5.74) is 3.21. The van der Waals surface area contributed by atoms with Crippen molar-refractivity contribution >= 4 is 17.5 Å². The number of aromatic nitrogens is 1. The molecule has 4 rings (SSSR count). The zero-order valence-corrected chi connectivity index (χ0v) is 14.0. The van der Waals surface area contributed by atoms with E-state index >= 15 is 0 Å². The lowest BCUT2D eigenvalue weighted by molar-refractivity contribution is 0.0521. The summed E-state index contributed by atoms with van der Waals surface area (Å²) >= 11 is 0. The number of rotatable bonds is 3. The molecule has 1 heterocycles. The van der Waals surface area contributed by atoms with E-state index in [-0.39, 0.29) is 18.0 Å². The lowest BCUT2D eigenvalue weighted by Gasteiger charge is -2.16. The van der Waals surface area contributed by atoms with Gasteiger partial charge in [0.05, 0.1) is 12.3 Å². The Morgan fingerprint density at radius 2 is 1.54 bits per heavy atom. The number of carbonyl (C=O) groups is 3. The molecule has 5 heteroatoms. The molecule has 0 spiro atoms. The minimum atomic E-state index is -0.647. The van der Waals surface area contributed by atoms with Gasteiger partial charge in [-0.1, -0.05) is 54.6 Å². The van der Waals surface area contributed by atoms with E-state index in [2.05, 4.69) is 4.98 Å². The first-order valence-corrected chi connectivity index (χ1v) is 8.30. The maximum absolute atomic E-state index is 12.6. The van der Waals surface area contributed by atoms with Gasteiger partial charge in [-0.25, -0.2) is 4.79 Å². The fourth-order valence-corrected chi connectivity index (χ4v) is 3.32. The summed E-state index contributed by atoms with van der Waals surface area (Å²) in [6.07, 6.45) is 0. The molecule has 0 saturated carbocycles. The first kappa shape index (κ1) is 16.0. The normalized spacial score (nSPS) is 12.5. The predicted molar refractivity (Wildman–Crippen MR) is 96.3 cm³/mol. The van der Waals surface area contributed by atoms with Gasteiger partial charge >= 0.3 is 5.97 Å². The summed E-state index contributed by atoms with van der Waals surface area (Å²) in [5, 5.41) is 0. The van der Waals surface area contributed by atoms with Crippen LogP contribution in [0, 0.1) is 0 Å². The molecule has 1 N–H and O–H groups in total. The second-order valence-electron chi connectivity index (χ2n) is 5.92. The first-order valence-electron chi connectivity index (χ1n) is 8.30. The molecule has 0 atom stereocenters. The van der Waals surface area contributed by atoms with Crippen molar-refractivity contribution in [3.8, 4) is 22.3 Å². The van der Waals surface area contributed by atoms with Crippen LogP contribution < -0.4 is 0 Å². The molecule has 0 unspecified atom stereocenters. The Balaban J connectivity index is 2.08. The average molecular weight is 345 g/mol. The highest BCUT2D eigenvalue weighted by atomic mass is 16.5. The van der Waals surface area contributed by atoms with Crippen LogP contribution in [-0.2, 0) is 4.74 Å². The smallest absolute Gasteiger partial charge is 0.355 e. The fourth-order valence-electron chi connectivity index (χ4n) is 3.32. The van der Waals surface area contributed by atoms with Gasteiger partial charge in [-0.3, -0.25) is 9.59 Å². The number of hydrogen-bond acceptors (Lipinski definition) is 4. The van der Waals surface area contributed by atoms with Gasteiger partial charge in [0.1, 0.15) is 5.69 Å². The zero-order valence-electron chi connectivity index (χ0n) is 14.0. The lowest BCUT2D eigenvalue weighted by atomic mass is 9.84. The van der Waals surface area contributed by atoms with Crippen LogP contribution in [0.15, 0.2) is 54.6 Å². The van der Waals surface area contributed by atoms with Crippen molar-refractivity contribution in [1.29, 1.82) is 0 Å². The van der Waals surface area contributed by atoms with E-state index in [0.717, 1.165) is 5.56 Å². The van der Waals surface area contributed by atoms with E-state index in [0.29, 0.717) is 22.3 Å². The Morgan fingerprint density at radius 3 is 2.23 bits per heavy atom.